The van der Waals surface area contributed by atoms with Crippen LogP contribution in [0.1, 0.15) is 18.2 Å². The Labute approximate surface area is 105 Å². The molecule has 0 aliphatic rings. The molecule has 7 heteroatoms. The SMILES string of the molecule is CS(=O)(=O)CCC(N)c1ncc(Cl)cc1Cl. The van der Waals surface area contributed by atoms with Gasteiger partial charge in [-0.3, -0.25) is 4.98 Å². The van der Waals surface area contributed by atoms with Crippen molar-refractivity contribution in [2.45, 2.75) is 12.5 Å². The Hall–Kier alpha value is -0.360. The predicted molar refractivity (Wildman–Crippen MR) is 65.5 cm³/mol. The highest BCUT2D eigenvalue weighted by Crippen LogP contribution is 2.24. The number of nitrogens with zero attached hydrogens (tertiary/aromatic N) is 1. The van der Waals surface area contributed by atoms with Gasteiger partial charge in [-0.15, -0.1) is 0 Å². The minimum atomic E-state index is -3.03. The van der Waals surface area contributed by atoms with Crippen molar-refractivity contribution < 1.29 is 8.42 Å². The van der Waals surface area contributed by atoms with Crippen molar-refractivity contribution in [2.75, 3.05) is 12.0 Å². The summed E-state index contributed by atoms with van der Waals surface area (Å²) >= 11 is 11.6. The summed E-state index contributed by atoms with van der Waals surface area (Å²) in [4.78, 5) is 3.99. The predicted octanol–water partition coefficient (Wildman–Crippen LogP) is 1.82. The lowest BCUT2D eigenvalue weighted by Crippen LogP contribution is -2.17. The average molecular weight is 283 g/mol. The molecule has 0 radical (unpaired) electrons. The number of aromatic nitrogens is 1. The van der Waals surface area contributed by atoms with E-state index in [4.69, 9.17) is 28.9 Å². The summed E-state index contributed by atoms with van der Waals surface area (Å²) in [7, 11) is -3.03. The second-order valence-electron chi connectivity index (χ2n) is 3.55. The molecule has 1 atom stereocenters. The minimum absolute atomic E-state index is 0.00873. The van der Waals surface area contributed by atoms with Gasteiger partial charge in [0.2, 0.25) is 0 Å². The molecule has 0 bridgehead atoms. The third kappa shape index (κ3) is 4.25. The van der Waals surface area contributed by atoms with E-state index >= 15 is 0 Å². The van der Waals surface area contributed by atoms with Crippen LogP contribution in [0.15, 0.2) is 12.3 Å². The minimum Gasteiger partial charge on any atom is -0.323 e. The first-order chi connectivity index (χ1) is 7.29. The van der Waals surface area contributed by atoms with Gasteiger partial charge in [-0.1, -0.05) is 23.2 Å². The lowest BCUT2D eigenvalue weighted by molar-refractivity contribution is 0.590. The molecule has 0 saturated carbocycles. The summed E-state index contributed by atoms with van der Waals surface area (Å²) in [6, 6.07) is 1.03. The standard InChI is InChI=1S/C9H12Cl2N2O2S/c1-16(14,15)3-2-8(12)9-7(11)4-6(10)5-13-9/h4-5,8H,2-3,12H2,1H3. The first-order valence-electron chi connectivity index (χ1n) is 4.54. The van der Waals surface area contributed by atoms with Crippen molar-refractivity contribution in [1.29, 1.82) is 0 Å². The van der Waals surface area contributed by atoms with Crippen LogP contribution in [0.2, 0.25) is 10.0 Å². The third-order valence-corrected chi connectivity index (χ3v) is 3.47. The molecule has 1 aromatic rings. The molecule has 2 N–H and O–H groups in total. The van der Waals surface area contributed by atoms with Crippen LogP contribution in [0.25, 0.3) is 0 Å². The first-order valence-corrected chi connectivity index (χ1v) is 7.35. The van der Waals surface area contributed by atoms with E-state index in [2.05, 4.69) is 4.98 Å². The maximum absolute atomic E-state index is 11.0. The largest absolute Gasteiger partial charge is 0.323 e. The molecular weight excluding hydrogens is 271 g/mol. The lowest BCUT2D eigenvalue weighted by atomic mass is 10.1. The zero-order valence-electron chi connectivity index (χ0n) is 8.65. The Morgan fingerprint density at radius 2 is 2.12 bits per heavy atom. The van der Waals surface area contributed by atoms with Gasteiger partial charge in [-0.05, 0) is 12.5 Å². The quantitative estimate of drug-likeness (QED) is 0.914. The third-order valence-electron chi connectivity index (χ3n) is 1.99. The zero-order chi connectivity index (χ0) is 12.3. The summed E-state index contributed by atoms with van der Waals surface area (Å²) in [5.74, 6) is 0.00873. The molecule has 0 spiro atoms. The molecule has 0 fully saturated rings. The van der Waals surface area contributed by atoms with E-state index in [1.54, 1.807) is 0 Å². The number of sulfone groups is 1. The topological polar surface area (TPSA) is 73.0 Å². The Morgan fingerprint density at radius 1 is 1.50 bits per heavy atom. The van der Waals surface area contributed by atoms with E-state index < -0.39 is 15.9 Å². The molecule has 0 aliphatic heterocycles. The van der Waals surface area contributed by atoms with Crippen molar-refractivity contribution in [2.24, 2.45) is 5.73 Å². The Kier molecular flexibility index (Phi) is 4.55. The number of hydrogen-bond donors (Lipinski definition) is 1. The summed E-state index contributed by atoms with van der Waals surface area (Å²) in [6.45, 7) is 0. The van der Waals surface area contributed by atoms with E-state index in [-0.39, 0.29) is 12.2 Å². The molecule has 90 valence electrons. The Balaban J connectivity index is 2.77. The van der Waals surface area contributed by atoms with Gasteiger partial charge in [0.15, 0.2) is 0 Å². The molecule has 16 heavy (non-hydrogen) atoms. The fraction of sp³-hybridized carbons (Fsp3) is 0.444. The Morgan fingerprint density at radius 3 is 2.62 bits per heavy atom. The monoisotopic (exact) mass is 282 g/mol. The van der Waals surface area contributed by atoms with Crippen molar-refractivity contribution in [3.63, 3.8) is 0 Å². The van der Waals surface area contributed by atoms with Crippen LogP contribution in [0, 0.1) is 0 Å². The molecular formula is C9H12Cl2N2O2S. The lowest BCUT2D eigenvalue weighted by Gasteiger charge is -2.11. The normalized spacial score (nSPS) is 13.8. The molecule has 4 nitrogen and oxygen atoms in total. The molecule has 1 aromatic heterocycles. The van der Waals surface area contributed by atoms with Crippen molar-refractivity contribution in [1.82, 2.24) is 4.98 Å². The van der Waals surface area contributed by atoms with E-state index in [1.165, 1.54) is 12.3 Å². The van der Waals surface area contributed by atoms with Gasteiger partial charge in [-0.2, -0.15) is 0 Å². The highest BCUT2D eigenvalue weighted by Gasteiger charge is 2.14. The van der Waals surface area contributed by atoms with Gasteiger partial charge >= 0.3 is 0 Å². The average Bonchev–Trinajstić information content (AvgIpc) is 2.13. The second-order valence-corrected chi connectivity index (χ2v) is 6.65. The molecule has 1 unspecified atom stereocenters. The second kappa shape index (κ2) is 5.31. The van der Waals surface area contributed by atoms with Crippen LogP contribution in [0.4, 0.5) is 0 Å². The van der Waals surface area contributed by atoms with Gasteiger partial charge in [0.1, 0.15) is 9.84 Å². The van der Waals surface area contributed by atoms with E-state index in [0.717, 1.165) is 6.26 Å². The summed E-state index contributed by atoms with van der Waals surface area (Å²) in [6.07, 6.45) is 2.88. The van der Waals surface area contributed by atoms with Crippen LogP contribution in [0.3, 0.4) is 0 Å². The maximum atomic E-state index is 11.0. The number of hydrogen-bond acceptors (Lipinski definition) is 4. The molecule has 1 heterocycles. The zero-order valence-corrected chi connectivity index (χ0v) is 11.0. The van der Waals surface area contributed by atoms with Crippen molar-refractivity contribution >= 4 is 33.0 Å². The summed E-state index contributed by atoms with van der Waals surface area (Å²) in [5.41, 5.74) is 6.27. The van der Waals surface area contributed by atoms with Crippen molar-refractivity contribution in [3.05, 3.63) is 28.0 Å². The molecule has 0 aromatic carbocycles. The Bertz CT molecular complexity index is 476. The highest BCUT2D eigenvalue weighted by molar-refractivity contribution is 7.90. The van der Waals surface area contributed by atoms with E-state index in [1.807, 2.05) is 0 Å². The summed E-state index contributed by atoms with van der Waals surface area (Å²) < 4.78 is 22.0. The van der Waals surface area contributed by atoms with Crippen LogP contribution in [-0.4, -0.2) is 25.4 Å². The van der Waals surface area contributed by atoms with Gasteiger partial charge in [0.25, 0.3) is 0 Å². The molecule has 1 rings (SSSR count). The van der Waals surface area contributed by atoms with Crippen molar-refractivity contribution in [3.8, 4) is 0 Å². The number of rotatable bonds is 4. The van der Waals surface area contributed by atoms with Gasteiger partial charge in [0.05, 0.1) is 21.5 Å². The van der Waals surface area contributed by atoms with E-state index in [9.17, 15) is 8.42 Å². The van der Waals surface area contributed by atoms with Crippen LogP contribution in [-0.2, 0) is 9.84 Å². The van der Waals surface area contributed by atoms with Gasteiger partial charge in [0, 0.05) is 18.5 Å². The molecule has 0 amide bonds. The number of pyridine rings is 1. The molecule has 0 saturated heterocycles. The van der Waals surface area contributed by atoms with Gasteiger partial charge < -0.3 is 5.73 Å². The van der Waals surface area contributed by atoms with Crippen LogP contribution < -0.4 is 5.73 Å². The summed E-state index contributed by atoms with van der Waals surface area (Å²) in [5, 5.41) is 0.776. The fourth-order valence-corrected chi connectivity index (χ4v) is 2.38. The molecule has 0 aliphatic carbocycles. The number of nitrogens with two attached hydrogens (primary N) is 1. The highest BCUT2D eigenvalue weighted by atomic mass is 35.5. The van der Waals surface area contributed by atoms with Crippen LogP contribution >= 0.6 is 23.2 Å². The fourth-order valence-electron chi connectivity index (χ4n) is 1.18. The van der Waals surface area contributed by atoms with Gasteiger partial charge in [-0.25, -0.2) is 8.42 Å². The first kappa shape index (κ1) is 13.7. The maximum Gasteiger partial charge on any atom is 0.147 e. The van der Waals surface area contributed by atoms with E-state index in [0.29, 0.717) is 15.7 Å². The number of halogens is 2. The smallest absolute Gasteiger partial charge is 0.147 e. The van der Waals surface area contributed by atoms with Crippen LogP contribution in [0.5, 0.6) is 0 Å².